The molecule has 2 saturated heterocycles. The molecule has 2 heterocycles. The minimum absolute atomic E-state index is 0. The molecule has 128 valence electrons. The van der Waals surface area contributed by atoms with Crippen molar-refractivity contribution in [2.75, 3.05) is 26.2 Å². The molecule has 0 saturated carbocycles. The highest BCUT2D eigenvalue weighted by Gasteiger charge is 2.43. The highest BCUT2D eigenvalue weighted by molar-refractivity contribution is 5.85. The molecule has 5 nitrogen and oxygen atoms in total. The molecule has 0 aliphatic carbocycles. The molecule has 22 heavy (non-hydrogen) atoms. The van der Waals surface area contributed by atoms with E-state index in [1.807, 2.05) is 0 Å². The standard InChI is InChI=1S/C13H19F3N2O3.ClH/c14-13(15,16)9-3-1-6-18(7-9)11(19)8-17-5-2-4-10(17)12(20)21;/h9-10H,1-8H2,(H,20,21);1H/t9?,10-;/m1./s1. The van der Waals surface area contributed by atoms with Gasteiger partial charge in [-0.25, -0.2) is 0 Å². The van der Waals surface area contributed by atoms with Crippen molar-refractivity contribution in [3.8, 4) is 0 Å². The zero-order chi connectivity index (χ0) is 15.6. The summed E-state index contributed by atoms with van der Waals surface area (Å²) >= 11 is 0. The Kier molecular flexibility index (Phi) is 6.49. The fraction of sp³-hybridized carbons (Fsp3) is 0.846. The molecular weight excluding hydrogens is 325 g/mol. The van der Waals surface area contributed by atoms with E-state index in [0.29, 0.717) is 32.4 Å². The topological polar surface area (TPSA) is 60.9 Å². The third-order valence-corrected chi connectivity index (χ3v) is 4.22. The summed E-state index contributed by atoms with van der Waals surface area (Å²) in [6.07, 6.45) is -2.73. The van der Waals surface area contributed by atoms with E-state index in [9.17, 15) is 22.8 Å². The number of likely N-dealkylation sites (tertiary alicyclic amines) is 2. The third kappa shape index (κ3) is 4.49. The summed E-state index contributed by atoms with van der Waals surface area (Å²) < 4.78 is 38.2. The number of amides is 1. The SMILES string of the molecule is Cl.O=C(O)[C@H]1CCCN1CC(=O)N1CCCC(C(F)(F)F)C1. The van der Waals surface area contributed by atoms with E-state index in [1.54, 1.807) is 4.90 Å². The lowest BCUT2D eigenvalue weighted by Crippen LogP contribution is -2.49. The van der Waals surface area contributed by atoms with Gasteiger partial charge in [0.15, 0.2) is 0 Å². The number of carboxylic acid groups (broad SMARTS) is 1. The number of piperidine rings is 1. The summed E-state index contributed by atoms with van der Waals surface area (Å²) in [5.74, 6) is -2.85. The summed E-state index contributed by atoms with van der Waals surface area (Å²) in [5.41, 5.74) is 0. The number of hydrogen-bond acceptors (Lipinski definition) is 3. The first kappa shape index (κ1) is 19.0. The van der Waals surface area contributed by atoms with Gasteiger partial charge in [-0.2, -0.15) is 13.2 Å². The van der Waals surface area contributed by atoms with Crippen molar-refractivity contribution in [2.24, 2.45) is 5.92 Å². The molecule has 0 aromatic heterocycles. The fourth-order valence-electron chi connectivity index (χ4n) is 3.04. The molecule has 2 rings (SSSR count). The van der Waals surface area contributed by atoms with Crippen LogP contribution >= 0.6 is 12.4 Å². The summed E-state index contributed by atoms with van der Waals surface area (Å²) in [4.78, 5) is 25.9. The predicted molar refractivity (Wildman–Crippen MR) is 74.8 cm³/mol. The zero-order valence-corrected chi connectivity index (χ0v) is 12.8. The van der Waals surface area contributed by atoms with Crippen LogP contribution in [-0.2, 0) is 9.59 Å². The Morgan fingerprint density at radius 1 is 1.14 bits per heavy atom. The molecule has 2 aliphatic heterocycles. The molecule has 0 radical (unpaired) electrons. The predicted octanol–water partition coefficient (Wildman–Crippen LogP) is 1.76. The van der Waals surface area contributed by atoms with Crippen LogP contribution in [0, 0.1) is 5.92 Å². The maximum Gasteiger partial charge on any atom is 0.393 e. The number of rotatable bonds is 3. The van der Waals surface area contributed by atoms with Gasteiger partial charge in [0.1, 0.15) is 6.04 Å². The third-order valence-electron chi connectivity index (χ3n) is 4.22. The number of aliphatic carboxylic acids is 1. The van der Waals surface area contributed by atoms with Crippen LogP contribution in [0.4, 0.5) is 13.2 Å². The van der Waals surface area contributed by atoms with E-state index in [4.69, 9.17) is 5.11 Å². The van der Waals surface area contributed by atoms with Crippen LogP contribution in [0.1, 0.15) is 25.7 Å². The lowest BCUT2D eigenvalue weighted by Gasteiger charge is -2.35. The van der Waals surface area contributed by atoms with Gasteiger partial charge in [-0.15, -0.1) is 12.4 Å². The Bertz CT molecular complexity index is 420. The van der Waals surface area contributed by atoms with Gasteiger partial charge in [0.05, 0.1) is 12.5 Å². The van der Waals surface area contributed by atoms with E-state index in [2.05, 4.69) is 0 Å². The smallest absolute Gasteiger partial charge is 0.393 e. The summed E-state index contributed by atoms with van der Waals surface area (Å²) in [5, 5.41) is 9.04. The fourth-order valence-corrected chi connectivity index (χ4v) is 3.04. The second-order valence-corrected chi connectivity index (χ2v) is 5.69. The molecule has 0 aromatic carbocycles. The van der Waals surface area contributed by atoms with Crippen molar-refractivity contribution in [3.63, 3.8) is 0 Å². The van der Waals surface area contributed by atoms with E-state index in [1.165, 1.54) is 4.90 Å². The maximum absolute atomic E-state index is 12.7. The molecule has 0 bridgehead atoms. The van der Waals surface area contributed by atoms with Crippen molar-refractivity contribution in [1.82, 2.24) is 9.80 Å². The quantitative estimate of drug-likeness (QED) is 0.847. The number of alkyl halides is 3. The van der Waals surface area contributed by atoms with Crippen molar-refractivity contribution in [1.29, 1.82) is 0 Å². The highest BCUT2D eigenvalue weighted by Crippen LogP contribution is 2.33. The largest absolute Gasteiger partial charge is 0.480 e. The number of halogens is 4. The van der Waals surface area contributed by atoms with Gasteiger partial charge in [-0.05, 0) is 32.2 Å². The molecule has 1 unspecified atom stereocenters. The summed E-state index contributed by atoms with van der Waals surface area (Å²) in [7, 11) is 0. The Morgan fingerprint density at radius 3 is 2.36 bits per heavy atom. The van der Waals surface area contributed by atoms with Gasteiger partial charge in [0, 0.05) is 13.1 Å². The molecule has 9 heteroatoms. The number of nitrogens with zero attached hydrogens (tertiary/aromatic N) is 2. The van der Waals surface area contributed by atoms with Crippen molar-refractivity contribution in [3.05, 3.63) is 0 Å². The van der Waals surface area contributed by atoms with Gasteiger partial charge in [0.25, 0.3) is 0 Å². The molecule has 1 amide bonds. The average molecular weight is 345 g/mol. The monoisotopic (exact) mass is 344 g/mol. The summed E-state index contributed by atoms with van der Waals surface area (Å²) in [6, 6.07) is -0.697. The lowest BCUT2D eigenvalue weighted by atomic mass is 9.97. The number of carbonyl (C=O) groups is 2. The van der Waals surface area contributed by atoms with Crippen molar-refractivity contribution >= 4 is 24.3 Å². The second kappa shape index (κ2) is 7.50. The maximum atomic E-state index is 12.7. The van der Waals surface area contributed by atoms with E-state index >= 15 is 0 Å². The number of hydrogen-bond donors (Lipinski definition) is 1. The minimum Gasteiger partial charge on any atom is -0.480 e. The van der Waals surface area contributed by atoms with E-state index in [0.717, 1.165) is 0 Å². The minimum atomic E-state index is -4.28. The van der Waals surface area contributed by atoms with Crippen molar-refractivity contribution < 1.29 is 27.9 Å². The molecule has 2 aliphatic rings. The highest BCUT2D eigenvalue weighted by atomic mass is 35.5. The normalized spacial score (nSPS) is 26.6. The molecule has 1 N–H and O–H groups in total. The second-order valence-electron chi connectivity index (χ2n) is 5.69. The first-order chi connectivity index (χ1) is 9.79. The first-order valence-corrected chi connectivity index (χ1v) is 7.10. The van der Waals surface area contributed by atoms with Crippen LogP contribution < -0.4 is 0 Å². The van der Waals surface area contributed by atoms with E-state index < -0.39 is 30.0 Å². The van der Waals surface area contributed by atoms with Crippen LogP contribution in [0.15, 0.2) is 0 Å². The van der Waals surface area contributed by atoms with Gasteiger partial charge in [0.2, 0.25) is 5.91 Å². The Hall–Kier alpha value is -1.02. The Labute approximate surface area is 132 Å². The van der Waals surface area contributed by atoms with Gasteiger partial charge in [-0.3, -0.25) is 14.5 Å². The number of carboxylic acids is 1. The van der Waals surface area contributed by atoms with Crippen LogP contribution in [0.25, 0.3) is 0 Å². The molecular formula is C13H20ClF3N2O3. The molecule has 2 fully saturated rings. The van der Waals surface area contributed by atoms with Gasteiger partial charge < -0.3 is 10.0 Å². The van der Waals surface area contributed by atoms with Gasteiger partial charge >= 0.3 is 12.1 Å². The zero-order valence-electron chi connectivity index (χ0n) is 12.0. The van der Waals surface area contributed by atoms with E-state index in [-0.39, 0.29) is 31.9 Å². The molecule has 0 aromatic rings. The summed E-state index contributed by atoms with van der Waals surface area (Å²) in [6.45, 7) is 0.395. The number of carbonyl (C=O) groups excluding carboxylic acids is 1. The van der Waals surface area contributed by atoms with Crippen molar-refractivity contribution in [2.45, 2.75) is 37.9 Å². The lowest BCUT2D eigenvalue weighted by molar-refractivity contribution is -0.188. The first-order valence-electron chi connectivity index (χ1n) is 7.10. The van der Waals surface area contributed by atoms with Crippen LogP contribution in [0.2, 0.25) is 0 Å². The Balaban J connectivity index is 0.00000242. The average Bonchev–Trinajstić information content (AvgIpc) is 2.86. The molecule has 2 atom stereocenters. The van der Waals surface area contributed by atoms with Crippen LogP contribution in [0.3, 0.4) is 0 Å². The van der Waals surface area contributed by atoms with Crippen LogP contribution in [-0.4, -0.2) is 65.2 Å². The van der Waals surface area contributed by atoms with Crippen LogP contribution in [0.5, 0.6) is 0 Å². The Morgan fingerprint density at radius 2 is 1.77 bits per heavy atom. The van der Waals surface area contributed by atoms with Gasteiger partial charge in [-0.1, -0.05) is 0 Å². The molecule has 0 spiro atoms.